The van der Waals surface area contributed by atoms with Crippen molar-refractivity contribution in [1.82, 2.24) is 0 Å². The van der Waals surface area contributed by atoms with Gasteiger partial charge in [0.2, 0.25) is 0 Å². The third-order valence-electron chi connectivity index (χ3n) is 3.16. The first-order valence-corrected chi connectivity index (χ1v) is 6.50. The van der Waals surface area contributed by atoms with E-state index in [1.54, 1.807) is 0 Å². The zero-order valence-electron chi connectivity index (χ0n) is 11.4. The molecule has 2 atom stereocenters. The van der Waals surface area contributed by atoms with E-state index >= 15 is 0 Å². The van der Waals surface area contributed by atoms with E-state index in [1.165, 1.54) is 5.56 Å². The topological polar surface area (TPSA) is 27.7 Å². The summed E-state index contributed by atoms with van der Waals surface area (Å²) in [6.07, 6.45) is 0.135. The van der Waals surface area contributed by atoms with Gasteiger partial charge < -0.3 is 14.2 Å². The second-order valence-electron chi connectivity index (χ2n) is 5.35. The van der Waals surface area contributed by atoms with Gasteiger partial charge in [0.25, 0.3) is 0 Å². The van der Waals surface area contributed by atoms with E-state index < -0.39 is 5.79 Å². The standard InChI is InChI=1S/C15H22O3/c1-12(14-11-17-15(2,3)18-14)9-16-10-13-7-5-4-6-8-13/h4-8,12,14H,9-11H2,1-3H3/t12-,14+/m0/s1. The van der Waals surface area contributed by atoms with E-state index in [0.29, 0.717) is 25.7 Å². The molecular weight excluding hydrogens is 228 g/mol. The zero-order valence-corrected chi connectivity index (χ0v) is 11.4. The fourth-order valence-corrected chi connectivity index (χ4v) is 2.04. The van der Waals surface area contributed by atoms with Crippen LogP contribution in [0.4, 0.5) is 0 Å². The van der Waals surface area contributed by atoms with Crippen LogP contribution in [0.15, 0.2) is 30.3 Å². The van der Waals surface area contributed by atoms with Gasteiger partial charge in [-0.05, 0) is 19.4 Å². The van der Waals surface area contributed by atoms with Crippen LogP contribution in [0.25, 0.3) is 0 Å². The van der Waals surface area contributed by atoms with E-state index in [2.05, 4.69) is 19.1 Å². The molecule has 0 amide bonds. The molecule has 1 saturated heterocycles. The first-order chi connectivity index (χ1) is 8.57. The highest BCUT2D eigenvalue weighted by atomic mass is 16.7. The summed E-state index contributed by atoms with van der Waals surface area (Å²) >= 11 is 0. The Morgan fingerprint density at radius 3 is 2.67 bits per heavy atom. The lowest BCUT2D eigenvalue weighted by Crippen LogP contribution is -2.27. The van der Waals surface area contributed by atoms with Crippen LogP contribution in [0.2, 0.25) is 0 Å². The van der Waals surface area contributed by atoms with Crippen molar-refractivity contribution in [3.05, 3.63) is 35.9 Å². The normalized spacial score (nSPS) is 24.1. The number of ether oxygens (including phenoxy) is 3. The molecule has 100 valence electrons. The van der Waals surface area contributed by atoms with Gasteiger partial charge in [0.1, 0.15) is 0 Å². The highest BCUT2D eigenvalue weighted by molar-refractivity contribution is 5.13. The Balaban J connectivity index is 1.71. The van der Waals surface area contributed by atoms with Gasteiger partial charge in [0.15, 0.2) is 5.79 Å². The van der Waals surface area contributed by atoms with Gasteiger partial charge >= 0.3 is 0 Å². The highest BCUT2D eigenvalue weighted by Crippen LogP contribution is 2.26. The molecule has 1 aliphatic rings. The van der Waals surface area contributed by atoms with Crippen LogP contribution in [-0.2, 0) is 20.8 Å². The molecule has 3 heteroatoms. The second-order valence-corrected chi connectivity index (χ2v) is 5.35. The molecule has 1 aliphatic heterocycles. The van der Waals surface area contributed by atoms with Gasteiger partial charge in [0.05, 0.1) is 25.9 Å². The first-order valence-electron chi connectivity index (χ1n) is 6.50. The Hall–Kier alpha value is -0.900. The largest absolute Gasteiger partial charge is 0.376 e. The summed E-state index contributed by atoms with van der Waals surface area (Å²) < 4.78 is 17.1. The molecule has 0 bridgehead atoms. The molecule has 0 spiro atoms. The maximum absolute atomic E-state index is 5.81. The Bertz CT molecular complexity index is 361. The third kappa shape index (κ3) is 3.80. The van der Waals surface area contributed by atoms with E-state index in [4.69, 9.17) is 14.2 Å². The molecule has 0 radical (unpaired) electrons. The molecule has 18 heavy (non-hydrogen) atoms. The molecule has 1 fully saturated rings. The predicted molar refractivity (Wildman–Crippen MR) is 70.2 cm³/mol. The first kappa shape index (κ1) is 13.5. The van der Waals surface area contributed by atoms with Crippen LogP contribution < -0.4 is 0 Å². The quantitative estimate of drug-likeness (QED) is 0.804. The Morgan fingerprint density at radius 2 is 2.06 bits per heavy atom. The highest BCUT2D eigenvalue weighted by Gasteiger charge is 2.35. The molecule has 0 unspecified atom stereocenters. The number of hydrogen-bond acceptors (Lipinski definition) is 3. The van der Waals surface area contributed by atoms with Crippen molar-refractivity contribution < 1.29 is 14.2 Å². The van der Waals surface area contributed by atoms with Crippen molar-refractivity contribution in [1.29, 1.82) is 0 Å². The summed E-state index contributed by atoms with van der Waals surface area (Å²) in [7, 11) is 0. The fraction of sp³-hybridized carbons (Fsp3) is 0.600. The minimum atomic E-state index is -0.446. The summed E-state index contributed by atoms with van der Waals surface area (Å²) in [4.78, 5) is 0. The Kier molecular flexibility index (Phi) is 4.38. The van der Waals surface area contributed by atoms with E-state index in [-0.39, 0.29) is 6.10 Å². The molecule has 1 aromatic rings. The van der Waals surface area contributed by atoms with Crippen LogP contribution in [0.3, 0.4) is 0 Å². The van der Waals surface area contributed by atoms with Gasteiger partial charge in [-0.15, -0.1) is 0 Å². The molecule has 1 heterocycles. The Labute approximate surface area is 109 Å². The molecule has 2 rings (SSSR count). The molecule has 0 N–H and O–H groups in total. The minimum absolute atomic E-state index is 0.135. The molecule has 1 aromatic carbocycles. The zero-order chi connectivity index (χ0) is 13.0. The van der Waals surface area contributed by atoms with Gasteiger partial charge in [0, 0.05) is 5.92 Å². The van der Waals surface area contributed by atoms with Crippen molar-refractivity contribution in [3.63, 3.8) is 0 Å². The van der Waals surface area contributed by atoms with Gasteiger partial charge in [-0.1, -0.05) is 37.3 Å². The van der Waals surface area contributed by atoms with E-state index in [9.17, 15) is 0 Å². The lowest BCUT2D eigenvalue weighted by Gasteiger charge is -2.21. The maximum atomic E-state index is 5.81. The van der Waals surface area contributed by atoms with E-state index in [1.807, 2.05) is 32.0 Å². The monoisotopic (exact) mass is 250 g/mol. The van der Waals surface area contributed by atoms with Crippen LogP contribution in [-0.4, -0.2) is 25.1 Å². The lowest BCUT2D eigenvalue weighted by molar-refractivity contribution is -0.146. The lowest BCUT2D eigenvalue weighted by atomic mass is 10.1. The number of rotatable bonds is 5. The van der Waals surface area contributed by atoms with Crippen LogP contribution in [0, 0.1) is 5.92 Å². The molecule has 0 saturated carbocycles. The summed E-state index contributed by atoms with van der Waals surface area (Å²) in [5.74, 6) is -0.103. The maximum Gasteiger partial charge on any atom is 0.163 e. The second kappa shape index (κ2) is 5.83. The summed E-state index contributed by atoms with van der Waals surface area (Å²) in [5.41, 5.74) is 1.20. The molecule has 0 aliphatic carbocycles. The van der Waals surface area contributed by atoms with Crippen LogP contribution in [0.5, 0.6) is 0 Å². The van der Waals surface area contributed by atoms with Crippen molar-refractivity contribution >= 4 is 0 Å². The molecule has 3 nitrogen and oxygen atoms in total. The van der Waals surface area contributed by atoms with E-state index in [0.717, 1.165) is 0 Å². The average molecular weight is 250 g/mol. The number of hydrogen-bond donors (Lipinski definition) is 0. The van der Waals surface area contributed by atoms with Crippen LogP contribution in [0.1, 0.15) is 26.3 Å². The summed E-state index contributed by atoms with van der Waals surface area (Å²) in [5, 5.41) is 0. The van der Waals surface area contributed by atoms with Crippen molar-refractivity contribution in [3.8, 4) is 0 Å². The number of benzene rings is 1. The summed E-state index contributed by atoms with van der Waals surface area (Å²) in [6, 6.07) is 10.2. The Morgan fingerprint density at radius 1 is 1.33 bits per heavy atom. The smallest absolute Gasteiger partial charge is 0.163 e. The fourth-order valence-electron chi connectivity index (χ4n) is 2.04. The van der Waals surface area contributed by atoms with Gasteiger partial charge in [-0.3, -0.25) is 0 Å². The molecular formula is C15H22O3. The van der Waals surface area contributed by atoms with Crippen molar-refractivity contribution in [2.24, 2.45) is 5.92 Å². The van der Waals surface area contributed by atoms with Crippen molar-refractivity contribution in [2.45, 2.75) is 39.3 Å². The average Bonchev–Trinajstić information content (AvgIpc) is 2.71. The third-order valence-corrected chi connectivity index (χ3v) is 3.16. The van der Waals surface area contributed by atoms with Crippen LogP contribution >= 0.6 is 0 Å². The van der Waals surface area contributed by atoms with Crippen molar-refractivity contribution in [2.75, 3.05) is 13.2 Å². The minimum Gasteiger partial charge on any atom is -0.376 e. The molecule has 0 aromatic heterocycles. The SMILES string of the molecule is C[C@@H](COCc1ccccc1)[C@H]1COC(C)(C)O1. The summed E-state index contributed by atoms with van der Waals surface area (Å²) in [6.45, 7) is 8.04. The van der Waals surface area contributed by atoms with Gasteiger partial charge in [-0.2, -0.15) is 0 Å². The predicted octanol–water partition coefficient (Wildman–Crippen LogP) is 2.99. The van der Waals surface area contributed by atoms with Gasteiger partial charge in [-0.25, -0.2) is 0 Å².